The van der Waals surface area contributed by atoms with Crippen molar-refractivity contribution in [3.05, 3.63) is 29.8 Å². The molecule has 2 amide bonds. The zero-order chi connectivity index (χ0) is 24.8. The largest absolute Gasteiger partial charge is 0.508 e. The summed E-state index contributed by atoms with van der Waals surface area (Å²) in [4.78, 5) is 37.3. The Labute approximate surface area is 187 Å². The summed E-state index contributed by atoms with van der Waals surface area (Å²) in [6.45, 7) is 2.77. The maximum atomic E-state index is 12.5. The first-order valence-corrected chi connectivity index (χ1v) is 9.88. The van der Waals surface area contributed by atoms with Crippen LogP contribution in [0, 0.1) is 0 Å². The number of morpholine rings is 1. The van der Waals surface area contributed by atoms with E-state index in [1.165, 1.54) is 12.1 Å². The number of carboxylic acids is 1. The Kier molecular flexibility index (Phi) is 8.63. The Morgan fingerprint density at radius 2 is 1.91 bits per heavy atom. The first-order chi connectivity index (χ1) is 15.4. The molecule has 2 aliphatic rings. The van der Waals surface area contributed by atoms with E-state index < -0.39 is 17.7 Å². The predicted molar refractivity (Wildman–Crippen MR) is 108 cm³/mol. The number of nitrogens with one attached hydrogen (secondary N) is 1. The van der Waals surface area contributed by atoms with Gasteiger partial charge in [0.1, 0.15) is 17.4 Å². The highest BCUT2D eigenvalue weighted by molar-refractivity contribution is 5.95. The molecule has 1 unspecified atom stereocenters. The smallest absolute Gasteiger partial charge is 0.490 e. The zero-order valence-corrected chi connectivity index (χ0v) is 18.1. The van der Waals surface area contributed by atoms with Gasteiger partial charge in [-0.2, -0.15) is 13.2 Å². The van der Waals surface area contributed by atoms with Crippen LogP contribution in [0.1, 0.15) is 10.4 Å². The lowest BCUT2D eigenvalue weighted by molar-refractivity contribution is -0.192. The number of nitrogens with zero attached hydrogens (tertiary/aromatic N) is 2. The molecule has 0 aromatic heterocycles. The van der Waals surface area contributed by atoms with Crippen molar-refractivity contribution in [2.24, 2.45) is 0 Å². The van der Waals surface area contributed by atoms with Gasteiger partial charge in [0.05, 0.1) is 26.3 Å². The van der Waals surface area contributed by atoms with Gasteiger partial charge in [0, 0.05) is 25.8 Å². The standard InChI is InChI=1S/C18H25N3O5.C2HF3O2/c1-20-10-18(26-9-15(20)16(23)19-6-7-25-2)11-21(12-18)17(24)13-4-3-5-14(22)8-13;3-2(4,5)1(6)7/h3-5,8,15,22H,6-7,9-12H2,1-2H3,(H,19,23);(H,6,7). The Hall–Kier alpha value is -2.90. The summed E-state index contributed by atoms with van der Waals surface area (Å²) in [5.41, 5.74) is 0.0317. The first kappa shape index (κ1) is 26.4. The molecule has 2 saturated heterocycles. The summed E-state index contributed by atoms with van der Waals surface area (Å²) < 4.78 is 42.6. The van der Waals surface area contributed by atoms with E-state index >= 15 is 0 Å². The average Bonchev–Trinajstić information content (AvgIpc) is 2.71. The normalized spacial score (nSPS) is 19.8. The molecule has 2 aliphatic heterocycles. The molecule has 3 N–H and O–H groups in total. The van der Waals surface area contributed by atoms with Crippen LogP contribution in [0.3, 0.4) is 0 Å². The number of hydrogen-bond donors (Lipinski definition) is 3. The number of carbonyl (C=O) groups excluding carboxylic acids is 2. The molecule has 13 heteroatoms. The van der Waals surface area contributed by atoms with E-state index in [0.29, 0.717) is 45.0 Å². The molecule has 1 atom stereocenters. The van der Waals surface area contributed by atoms with Crippen LogP contribution in [0.2, 0.25) is 0 Å². The number of aromatic hydroxyl groups is 1. The molecule has 1 spiro atoms. The molecular formula is C20H26F3N3O7. The predicted octanol–water partition coefficient (Wildman–Crippen LogP) is 0.313. The maximum absolute atomic E-state index is 12.5. The minimum absolute atomic E-state index is 0.0714. The van der Waals surface area contributed by atoms with Gasteiger partial charge in [-0.15, -0.1) is 0 Å². The number of amides is 2. The summed E-state index contributed by atoms with van der Waals surface area (Å²) in [5.74, 6) is -2.89. The Morgan fingerprint density at radius 3 is 2.42 bits per heavy atom. The van der Waals surface area contributed by atoms with E-state index in [2.05, 4.69) is 5.32 Å². The molecule has 33 heavy (non-hydrogen) atoms. The second kappa shape index (κ2) is 10.8. The van der Waals surface area contributed by atoms with Gasteiger partial charge in [-0.3, -0.25) is 14.5 Å². The van der Waals surface area contributed by atoms with Crippen molar-refractivity contribution in [3.63, 3.8) is 0 Å². The average molecular weight is 477 g/mol. The monoisotopic (exact) mass is 477 g/mol. The number of alkyl halides is 3. The van der Waals surface area contributed by atoms with Crippen LogP contribution in [-0.4, -0.2) is 109 Å². The van der Waals surface area contributed by atoms with Gasteiger partial charge < -0.3 is 29.9 Å². The van der Waals surface area contributed by atoms with Crippen LogP contribution in [0.25, 0.3) is 0 Å². The summed E-state index contributed by atoms with van der Waals surface area (Å²) in [6.07, 6.45) is -5.08. The van der Waals surface area contributed by atoms with Crippen molar-refractivity contribution >= 4 is 17.8 Å². The number of methoxy groups -OCH3 is 1. The van der Waals surface area contributed by atoms with Gasteiger partial charge >= 0.3 is 12.1 Å². The SMILES string of the molecule is COCCNC(=O)C1COC2(CN(C(=O)c3cccc(O)c3)C2)CN1C.O=C(O)C(F)(F)F. The quantitative estimate of drug-likeness (QED) is 0.517. The summed E-state index contributed by atoms with van der Waals surface area (Å²) >= 11 is 0. The van der Waals surface area contributed by atoms with Crippen molar-refractivity contribution in [2.75, 3.05) is 53.6 Å². The number of likely N-dealkylation sites (tertiary alicyclic amines) is 1. The third kappa shape index (κ3) is 7.04. The van der Waals surface area contributed by atoms with E-state index in [1.54, 1.807) is 24.1 Å². The molecule has 1 aromatic rings. The molecule has 3 rings (SSSR count). The third-order valence-electron chi connectivity index (χ3n) is 5.11. The number of carboxylic acid groups (broad SMARTS) is 1. The molecule has 0 radical (unpaired) electrons. The molecule has 2 heterocycles. The minimum atomic E-state index is -5.08. The summed E-state index contributed by atoms with van der Waals surface area (Å²) in [6, 6.07) is 5.98. The number of likely N-dealkylation sites (N-methyl/N-ethyl adjacent to an activating group) is 1. The highest BCUT2D eigenvalue weighted by Gasteiger charge is 2.51. The molecule has 0 saturated carbocycles. The Balaban J connectivity index is 0.000000479. The van der Waals surface area contributed by atoms with E-state index in [9.17, 15) is 27.9 Å². The van der Waals surface area contributed by atoms with Crippen LogP contribution in [0.5, 0.6) is 5.75 Å². The fourth-order valence-electron chi connectivity index (χ4n) is 3.47. The summed E-state index contributed by atoms with van der Waals surface area (Å²) in [7, 11) is 3.48. The topological polar surface area (TPSA) is 129 Å². The van der Waals surface area contributed by atoms with E-state index in [0.717, 1.165) is 0 Å². The molecule has 0 bridgehead atoms. The number of rotatable bonds is 5. The second-order valence-electron chi connectivity index (χ2n) is 7.72. The lowest BCUT2D eigenvalue weighted by Gasteiger charge is -2.54. The van der Waals surface area contributed by atoms with Gasteiger partial charge in [-0.25, -0.2) is 4.79 Å². The van der Waals surface area contributed by atoms with E-state index in [-0.39, 0.29) is 23.6 Å². The fourth-order valence-corrected chi connectivity index (χ4v) is 3.47. The number of phenols is 1. The Morgan fingerprint density at radius 1 is 1.27 bits per heavy atom. The number of carbonyl (C=O) groups is 3. The third-order valence-corrected chi connectivity index (χ3v) is 5.11. The molecule has 2 fully saturated rings. The number of halogens is 3. The Bertz CT molecular complexity index is 860. The molecular weight excluding hydrogens is 451 g/mol. The van der Waals surface area contributed by atoms with Crippen LogP contribution in [0.15, 0.2) is 24.3 Å². The number of ether oxygens (including phenoxy) is 2. The van der Waals surface area contributed by atoms with Gasteiger partial charge in [-0.1, -0.05) is 6.07 Å². The highest BCUT2D eigenvalue weighted by Crippen LogP contribution is 2.32. The molecule has 1 aromatic carbocycles. The molecule has 0 aliphatic carbocycles. The lowest BCUT2D eigenvalue weighted by atomic mass is 9.90. The number of phenolic OH excluding ortho intramolecular Hbond substituents is 1. The number of aliphatic carboxylic acids is 1. The minimum Gasteiger partial charge on any atom is -0.508 e. The first-order valence-electron chi connectivity index (χ1n) is 9.88. The van der Waals surface area contributed by atoms with Crippen molar-refractivity contribution < 1.29 is 47.2 Å². The van der Waals surface area contributed by atoms with Crippen LogP contribution >= 0.6 is 0 Å². The van der Waals surface area contributed by atoms with Crippen LogP contribution in [0.4, 0.5) is 13.2 Å². The highest BCUT2D eigenvalue weighted by atomic mass is 19.4. The maximum Gasteiger partial charge on any atom is 0.490 e. The van der Waals surface area contributed by atoms with Gasteiger partial charge in [-0.05, 0) is 25.2 Å². The van der Waals surface area contributed by atoms with Crippen LogP contribution < -0.4 is 5.32 Å². The van der Waals surface area contributed by atoms with Crippen LogP contribution in [-0.2, 0) is 19.1 Å². The zero-order valence-electron chi connectivity index (χ0n) is 18.1. The van der Waals surface area contributed by atoms with E-state index in [1.807, 2.05) is 11.9 Å². The fraction of sp³-hybridized carbons (Fsp3) is 0.550. The lowest BCUT2D eigenvalue weighted by Crippen LogP contribution is -2.73. The number of benzene rings is 1. The summed E-state index contributed by atoms with van der Waals surface area (Å²) in [5, 5.41) is 19.5. The van der Waals surface area contributed by atoms with Crippen molar-refractivity contribution in [1.29, 1.82) is 0 Å². The van der Waals surface area contributed by atoms with Gasteiger partial charge in [0.25, 0.3) is 5.91 Å². The van der Waals surface area contributed by atoms with Crippen molar-refractivity contribution in [1.82, 2.24) is 15.1 Å². The number of hydrogen-bond acceptors (Lipinski definition) is 7. The molecule has 10 nitrogen and oxygen atoms in total. The second-order valence-corrected chi connectivity index (χ2v) is 7.72. The van der Waals surface area contributed by atoms with Crippen molar-refractivity contribution in [3.8, 4) is 5.75 Å². The van der Waals surface area contributed by atoms with Gasteiger partial charge in [0.15, 0.2) is 0 Å². The molecule has 184 valence electrons. The van der Waals surface area contributed by atoms with Gasteiger partial charge in [0.2, 0.25) is 5.91 Å². The van der Waals surface area contributed by atoms with E-state index in [4.69, 9.17) is 19.4 Å². The van der Waals surface area contributed by atoms with Crippen molar-refractivity contribution in [2.45, 2.75) is 17.8 Å².